The fourth-order valence-corrected chi connectivity index (χ4v) is 2.00. The van der Waals surface area contributed by atoms with Gasteiger partial charge in [-0.1, -0.05) is 32.6 Å². The maximum absolute atomic E-state index is 11.5. The zero-order valence-corrected chi connectivity index (χ0v) is 8.14. The first kappa shape index (κ1) is 9.76. The number of ketones is 1. The Balaban J connectivity index is 2.10. The van der Waals surface area contributed by atoms with E-state index in [0.29, 0.717) is 11.7 Å². The molecule has 0 bridgehead atoms. The summed E-state index contributed by atoms with van der Waals surface area (Å²) in [6, 6.07) is 0. The maximum atomic E-state index is 11.5. The molecule has 1 saturated carbocycles. The summed E-state index contributed by atoms with van der Waals surface area (Å²) in [4.78, 5) is 11.5. The van der Waals surface area contributed by atoms with E-state index in [1.165, 1.54) is 38.5 Å². The second kappa shape index (κ2) is 5.34. The van der Waals surface area contributed by atoms with Crippen LogP contribution in [0.2, 0.25) is 0 Å². The lowest BCUT2D eigenvalue weighted by molar-refractivity contribution is -0.122. The van der Waals surface area contributed by atoms with Gasteiger partial charge in [0.15, 0.2) is 0 Å². The number of carbonyl (C=O) groups is 1. The minimum Gasteiger partial charge on any atom is -0.299 e. The van der Waals surface area contributed by atoms with Crippen molar-refractivity contribution in [1.82, 2.24) is 0 Å². The molecule has 70 valence electrons. The number of carbonyl (C=O) groups excluding carboxylic acids is 1. The van der Waals surface area contributed by atoms with Crippen molar-refractivity contribution in [2.24, 2.45) is 5.92 Å². The first-order valence-corrected chi connectivity index (χ1v) is 5.37. The SMILES string of the molecule is CCCCCC(=O)C1CCCC1. The van der Waals surface area contributed by atoms with Gasteiger partial charge in [-0.05, 0) is 19.3 Å². The molecule has 0 spiro atoms. The van der Waals surface area contributed by atoms with Crippen LogP contribution in [0.1, 0.15) is 58.3 Å². The highest BCUT2D eigenvalue weighted by atomic mass is 16.1. The molecule has 1 aliphatic carbocycles. The van der Waals surface area contributed by atoms with E-state index in [2.05, 4.69) is 6.92 Å². The van der Waals surface area contributed by atoms with Crippen LogP contribution < -0.4 is 0 Å². The molecule has 0 heterocycles. The molecular weight excluding hydrogens is 148 g/mol. The average Bonchev–Trinajstić information content (AvgIpc) is 2.56. The van der Waals surface area contributed by atoms with Gasteiger partial charge in [-0.3, -0.25) is 4.79 Å². The van der Waals surface area contributed by atoms with Gasteiger partial charge in [0.1, 0.15) is 5.78 Å². The highest BCUT2D eigenvalue weighted by Gasteiger charge is 2.21. The Labute approximate surface area is 75.5 Å². The van der Waals surface area contributed by atoms with Crippen LogP contribution in [0.4, 0.5) is 0 Å². The Morgan fingerprint density at radius 2 is 1.92 bits per heavy atom. The van der Waals surface area contributed by atoms with Gasteiger partial charge in [0.2, 0.25) is 0 Å². The second-order valence-corrected chi connectivity index (χ2v) is 3.90. The summed E-state index contributed by atoms with van der Waals surface area (Å²) in [5.41, 5.74) is 0. The molecule has 0 aromatic carbocycles. The molecule has 1 fully saturated rings. The first-order valence-electron chi connectivity index (χ1n) is 5.37. The molecule has 0 aliphatic heterocycles. The number of hydrogen-bond acceptors (Lipinski definition) is 1. The van der Waals surface area contributed by atoms with Gasteiger partial charge in [-0.25, -0.2) is 0 Å². The smallest absolute Gasteiger partial charge is 0.135 e. The third-order valence-electron chi connectivity index (χ3n) is 2.84. The van der Waals surface area contributed by atoms with Crippen molar-refractivity contribution < 1.29 is 4.79 Å². The summed E-state index contributed by atoms with van der Waals surface area (Å²) in [5.74, 6) is 0.989. The largest absolute Gasteiger partial charge is 0.299 e. The van der Waals surface area contributed by atoms with Crippen molar-refractivity contribution >= 4 is 5.78 Å². The normalized spacial score (nSPS) is 18.4. The van der Waals surface area contributed by atoms with Crippen molar-refractivity contribution in [3.63, 3.8) is 0 Å². The van der Waals surface area contributed by atoms with E-state index in [4.69, 9.17) is 0 Å². The number of Topliss-reactive ketones (excluding diaryl/α,β-unsaturated/α-hetero) is 1. The molecule has 0 aromatic heterocycles. The van der Waals surface area contributed by atoms with Crippen molar-refractivity contribution in [2.45, 2.75) is 58.3 Å². The van der Waals surface area contributed by atoms with Crippen LogP contribution in [0.15, 0.2) is 0 Å². The van der Waals surface area contributed by atoms with E-state index in [-0.39, 0.29) is 0 Å². The van der Waals surface area contributed by atoms with Crippen molar-refractivity contribution in [3.05, 3.63) is 0 Å². The molecule has 12 heavy (non-hydrogen) atoms. The number of rotatable bonds is 5. The molecular formula is C11H20O. The Kier molecular flexibility index (Phi) is 4.34. The van der Waals surface area contributed by atoms with E-state index in [1.54, 1.807) is 0 Å². The van der Waals surface area contributed by atoms with Crippen molar-refractivity contribution in [3.8, 4) is 0 Å². The van der Waals surface area contributed by atoms with Crippen LogP contribution in [0.25, 0.3) is 0 Å². The van der Waals surface area contributed by atoms with Crippen molar-refractivity contribution in [1.29, 1.82) is 0 Å². The van der Waals surface area contributed by atoms with E-state index in [9.17, 15) is 4.79 Å². The van der Waals surface area contributed by atoms with Gasteiger partial charge in [0.25, 0.3) is 0 Å². The highest BCUT2D eigenvalue weighted by molar-refractivity contribution is 5.81. The Hall–Kier alpha value is -0.330. The van der Waals surface area contributed by atoms with E-state index < -0.39 is 0 Å². The summed E-state index contributed by atoms with van der Waals surface area (Å²) in [5, 5.41) is 0. The van der Waals surface area contributed by atoms with Crippen LogP contribution in [-0.2, 0) is 4.79 Å². The van der Waals surface area contributed by atoms with E-state index in [0.717, 1.165) is 12.8 Å². The average molecular weight is 168 g/mol. The summed E-state index contributed by atoms with van der Waals surface area (Å²) in [6.07, 6.45) is 9.31. The quantitative estimate of drug-likeness (QED) is 0.575. The molecule has 0 saturated heterocycles. The Morgan fingerprint density at radius 1 is 1.25 bits per heavy atom. The van der Waals surface area contributed by atoms with Gasteiger partial charge in [-0.2, -0.15) is 0 Å². The standard InChI is InChI=1S/C11H20O/c1-2-3-4-9-11(12)10-7-5-6-8-10/h10H,2-9H2,1H3. The van der Waals surface area contributed by atoms with Gasteiger partial charge in [0.05, 0.1) is 0 Å². The molecule has 0 aromatic rings. The zero-order valence-electron chi connectivity index (χ0n) is 8.14. The van der Waals surface area contributed by atoms with Gasteiger partial charge >= 0.3 is 0 Å². The molecule has 1 rings (SSSR count). The number of hydrogen-bond donors (Lipinski definition) is 0. The third-order valence-corrected chi connectivity index (χ3v) is 2.84. The minimum absolute atomic E-state index is 0.446. The molecule has 1 nitrogen and oxygen atoms in total. The summed E-state index contributed by atoms with van der Waals surface area (Å²) >= 11 is 0. The fourth-order valence-electron chi connectivity index (χ4n) is 2.00. The number of unbranched alkanes of at least 4 members (excludes halogenated alkanes) is 2. The molecule has 0 N–H and O–H groups in total. The molecule has 0 unspecified atom stereocenters. The predicted octanol–water partition coefficient (Wildman–Crippen LogP) is 3.33. The first-order chi connectivity index (χ1) is 5.84. The van der Waals surface area contributed by atoms with Crippen LogP contribution in [0.5, 0.6) is 0 Å². The topological polar surface area (TPSA) is 17.1 Å². The lowest BCUT2D eigenvalue weighted by Crippen LogP contribution is -2.09. The lowest BCUT2D eigenvalue weighted by atomic mass is 9.98. The Morgan fingerprint density at radius 3 is 2.50 bits per heavy atom. The molecule has 0 amide bonds. The highest BCUT2D eigenvalue weighted by Crippen LogP contribution is 2.26. The Bertz CT molecular complexity index is 134. The van der Waals surface area contributed by atoms with E-state index in [1.807, 2.05) is 0 Å². The fraction of sp³-hybridized carbons (Fsp3) is 0.909. The van der Waals surface area contributed by atoms with Crippen LogP contribution in [0, 0.1) is 5.92 Å². The van der Waals surface area contributed by atoms with Crippen LogP contribution in [-0.4, -0.2) is 5.78 Å². The minimum atomic E-state index is 0.446. The molecule has 0 atom stereocenters. The van der Waals surface area contributed by atoms with Gasteiger partial charge < -0.3 is 0 Å². The molecule has 1 aliphatic rings. The van der Waals surface area contributed by atoms with Crippen LogP contribution >= 0.6 is 0 Å². The molecule has 1 heteroatoms. The molecule has 0 radical (unpaired) electrons. The van der Waals surface area contributed by atoms with E-state index >= 15 is 0 Å². The summed E-state index contributed by atoms with van der Waals surface area (Å²) in [6.45, 7) is 2.18. The predicted molar refractivity (Wildman–Crippen MR) is 51.1 cm³/mol. The summed E-state index contributed by atoms with van der Waals surface area (Å²) < 4.78 is 0. The van der Waals surface area contributed by atoms with Gasteiger partial charge in [0, 0.05) is 12.3 Å². The maximum Gasteiger partial charge on any atom is 0.135 e. The van der Waals surface area contributed by atoms with Crippen LogP contribution in [0.3, 0.4) is 0 Å². The van der Waals surface area contributed by atoms with Gasteiger partial charge in [-0.15, -0.1) is 0 Å². The van der Waals surface area contributed by atoms with Crippen molar-refractivity contribution in [2.75, 3.05) is 0 Å². The second-order valence-electron chi connectivity index (χ2n) is 3.90. The monoisotopic (exact) mass is 168 g/mol. The zero-order chi connectivity index (χ0) is 8.81. The lowest BCUT2D eigenvalue weighted by Gasteiger charge is -2.06. The summed E-state index contributed by atoms with van der Waals surface area (Å²) in [7, 11) is 0. The third kappa shape index (κ3) is 2.96.